The molecule has 0 aliphatic rings. The van der Waals surface area contributed by atoms with E-state index in [1.807, 2.05) is 0 Å². The van der Waals surface area contributed by atoms with E-state index in [4.69, 9.17) is 21.4 Å². The SMILES string of the molecule is COC(=O)c1cc(F)c(CSCc2cc(N)c(C)cc2F)cc1N.O=CO. The molecule has 0 aliphatic heterocycles. The number of nitrogens with two attached hydrogens (primary N) is 2. The van der Waals surface area contributed by atoms with Crippen LogP contribution in [0.15, 0.2) is 24.3 Å². The summed E-state index contributed by atoms with van der Waals surface area (Å²) in [4.78, 5) is 19.8. The number of hydrogen-bond donors (Lipinski definition) is 3. The van der Waals surface area contributed by atoms with Crippen LogP contribution in [-0.4, -0.2) is 24.7 Å². The Kier molecular flexibility index (Phi) is 8.53. The Morgan fingerprint density at radius 2 is 1.59 bits per heavy atom. The van der Waals surface area contributed by atoms with E-state index in [1.165, 1.54) is 31.0 Å². The van der Waals surface area contributed by atoms with E-state index < -0.39 is 11.8 Å². The molecule has 0 spiro atoms. The quantitative estimate of drug-likeness (QED) is 0.402. The number of esters is 1. The third kappa shape index (κ3) is 6.14. The van der Waals surface area contributed by atoms with Gasteiger partial charge in [-0.2, -0.15) is 11.8 Å². The summed E-state index contributed by atoms with van der Waals surface area (Å²) in [5.74, 6) is -0.960. The Morgan fingerprint density at radius 3 is 2.11 bits per heavy atom. The Morgan fingerprint density at radius 1 is 1.11 bits per heavy atom. The average Bonchev–Trinajstić information content (AvgIpc) is 2.62. The highest BCUT2D eigenvalue weighted by atomic mass is 32.2. The van der Waals surface area contributed by atoms with Crippen LogP contribution in [0.25, 0.3) is 0 Å². The largest absolute Gasteiger partial charge is 0.483 e. The van der Waals surface area contributed by atoms with Gasteiger partial charge in [0.05, 0.1) is 12.7 Å². The second kappa shape index (κ2) is 10.4. The number of carboxylic acid groups (broad SMARTS) is 1. The molecule has 9 heteroatoms. The van der Waals surface area contributed by atoms with Gasteiger partial charge in [0.2, 0.25) is 0 Å². The molecule has 0 radical (unpaired) electrons. The minimum absolute atomic E-state index is 0.0129. The molecular weight excluding hydrogens is 378 g/mol. The highest BCUT2D eigenvalue weighted by Crippen LogP contribution is 2.26. The lowest BCUT2D eigenvalue weighted by molar-refractivity contribution is -0.122. The molecule has 2 aromatic rings. The molecule has 0 heterocycles. The molecule has 0 fully saturated rings. The number of benzene rings is 2. The fourth-order valence-electron chi connectivity index (χ4n) is 2.15. The van der Waals surface area contributed by atoms with Crippen molar-refractivity contribution in [3.05, 3.63) is 58.2 Å². The van der Waals surface area contributed by atoms with Crippen molar-refractivity contribution < 1.29 is 28.2 Å². The molecule has 2 aromatic carbocycles. The smallest absolute Gasteiger partial charge is 0.340 e. The summed E-state index contributed by atoms with van der Waals surface area (Å²) in [6.07, 6.45) is 0. The third-order valence-corrected chi connectivity index (χ3v) is 4.60. The molecule has 146 valence electrons. The number of anilines is 2. The minimum atomic E-state index is -0.692. The highest BCUT2D eigenvalue weighted by Gasteiger charge is 2.15. The van der Waals surface area contributed by atoms with Crippen molar-refractivity contribution in [2.45, 2.75) is 18.4 Å². The fourth-order valence-corrected chi connectivity index (χ4v) is 3.14. The van der Waals surface area contributed by atoms with Crippen LogP contribution >= 0.6 is 11.8 Å². The first-order valence-corrected chi connectivity index (χ1v) is 8.76. The molecule has 0 amide bonds. The lowest BCUT2D eigenvalue weighted by Gasteiger charge is -2.10. The van der Waals surface area contributed by atoms with Crippen LogP contribution in [0.5, 0.6) is 0 Å². The van der Waals surface area contributed by atoms with Crippen molar-refractivity contribution in [2.75, 3.05) is 18.6 Å². The van der Waals surface area contributed by atoms with Gasteiger partial charge in [0.25, 0.3) is 6.47 Å². The van der Waals surface area contributed by atoms with Gasteiger partial charge in [-0.05, 0) is 47.9 Å². The van der Waals surface area contributed by atoms with Crippen LogP contribution in [0.3, 0.4) is 0 Å². The molecule has 0 bridgehead atoms. The van der Waals surface area contributed by atoms with Crippen LogP contribution in [0.4, 0.5) is 20.2 Å². The van der Waals surface area contributed by atoms with Gasteiger partial charge in [0, 0.05) is 22.9 Å². The van der Waals surface area contributed by atoms with E-state index in [2.05, 4.69) is 4.74 Å². The Labute approximate surface area is 159 Å². The summed E-state index contributed by atoms with van der Waals surface area (Å²) in [5, 5.41) is 6.89. The molecule has 0 aromatic heterocycles. The van der Waals surface area contributed by atoms with E-state index in [0.717, 1.165) is 6.07 Å². The first-order chi connectivity index (χ1) is 12.7. The van der Waals surface area contributed by atoms with Crippen molar-refractivity contribution in [1.82, 2.24) is 0 Å². The van der Waals surface area contributed by atoms with Gasteiger partial charge >= 0.3 is 5.97 Å². The first kappa shape index (κ1) is 22.2. The van der Waals surface area contributed by atoms with Crippen LogP contribution in [0.2, 0.25) is 0 Å². The van der Waals surface area contributed by atoms with Gasteiger partial charge in [0.15, 0.2) is 0 Å². The number of carbonyl (C=O) groups excluding carboxylic acids is 1. The number of ether oxygens (including phenoxy) is 1. The lowest BCUT2D eigenvalue weighted by atomic mass is 10.1. The maximum absolute atomic E-state index is 14.1. The van der Waals surface area contributed by atoms with Gasteiger partial charge in [-0.15, -0.1) is 0 Å². The van der Waals surface area contributed by atoms with Crippen LogP contribution in [0, 0.1) is 18.6 Å². The molecule has 0 unspecified atom stereocenters. The number of rotatable bonds is 5. The summed E-state index contributed by atoms with van der Waals surface area (Å²) >= 11 is 1.32. The van der Waals surface area contributed by atoms with Crippen LogP contribution in [0.1, 0.15) is 27.0 Å². The molecule has 27 heavy (non-hydrogen) atoms. The predicted molar refractivity (Wildman–Crippen MR) is 101 cm³/mol. The van der Waals surface area contributed by atoms with Gasteiger partial charge in [0.1, 0.15) is 11.6 Å². The summed E-state index contributed by atoms with van der Waals surface area (Å²) in [5.41, 5.74) is 13.7. The van der Waals surface area contributed by atoms with Crippen LogP contribution < -0.4 is 11.5 Å². The molecule has 5 N–H and O–H groups in total. The third-order valence-electron chi connectivity index (χ3n) is 3.57. The number of nitrogen functional groups attached to an aromatic ring is 2. The Hall–Kier alpha value is -2.81. The lowest BCUT2D eigenvalue weighted by Crippen LogP contribution is -2.07. The predicted octanol–water partition coefficient (Wildman–Crippen LogP) is 3.36. The van der Waals surface area contributed by atoms with Crippen molar-refractivity contribution in [3.63, 3.8) is 0 Å². The molecule has 0 aliphatic carbocycles. The van der Waals surface area contributed by atoms with E-state index >= 15 is 0 Å². The van der Waals surface area contributed by atoms with E-state index in [0.29, 0.717) is 28.1 Å². The molecule has 2 rings (SSSR count). The second-order valence-corrected chi connectivity index (χ2v) is 6.41. The van der Waals surface area contributed by atoms with Crippen molar-refractivity contribution in [2.24, 2.45) is 0 Å². The number of hydrogen-bond acceptors (Lipinski definition) is 6. The second-order valence-electron chi connectivity index (χ2n) is 5.42. The monoisotopic (exact) mass is 398 g/mol. The zero-order chi connectivity index (χ0) is 20.6. The van der Waals surface area contributed by atoms with Crippen molar-refractivity contribution in [1.29, 1.82) is 0 Å². The highest BCUT2D eigenvalue weighted by molar-refractivity contribution is 7.97. The standard InChI is InChI=1S/C17H18F2N2O2S.CH2O2/c1-9-3-13(18)10(4-15(9)20)7-24-8-11-5-16(21)12(6-14(11)19)17(22)23-2;2-1-3/h3-6H,7-8,20-21H2,1-2H3;1H,(H,2,3). The molecule has 0 atom stereocenters. The number of methoxy groups -OCH3 is 1. The van der Waals surface area contributed by atoms with Gasteiger partial charge in [-0.25, -0.2) is 13.6 Å². The van der Waals surface area contributed by atoms with E-state index in [9.17, 15) is 13.6 Å². The maximum Gasteiger partial charge on any atom is 0.340 e. The van der Waals surface area contributed by atoms with Crippen molar-refractivity contribution in [3.8, 4) is 0 Å². The first-order valence-electron chi connectivity index (χ1n) is 7.61. The zero-order valence-electron chi connectivity index (χ0n) is 14.8. The van der Waals surface area contributed by atoms with Crippen molar-refractivity contribution >= 4 is 35.6 Å². The normalized spacial score (nSPS) is 9.93. The van der Waals surface area contributed by atoms with Gasteiger partial charge in [-0.3, -0.25) is 4.79 Å². The topological polar surface area (TPSA) is 116 Å². The van der Waals surface area contributed by atoms with Gasteiger partial charge < -0.3 is 21.3 Å². The fraction of sp³-hybridized carbons (Fsp3) is 0.222. The van der Waals surface area contributed by atoms with E-state index in [1.54, 1.807) is 13.0 Å². The maximum atomic E-state index is 14.1. The molecule has 6 nitrogen and oxygen atoms in total. The Balaban J connectivity index is 0.00000114. The number of carbonyl (C=O) groups is 2. The summed E-state index contributed by atoms with van der Waals surface area (Å²) < 4.78 is 32.5. The van der Waals surface area contributed by atoms with E-state index in [-0.39, 0.29) is 29.3 Å². The zero-order valence-corrected chi connectivity index (χ0v) is 15.6. The van der Waals surface area contributed by atoms with Gasteiger partial charge in [-0.1, -0.05) is 0 Å². The molecular formula is C18H20F2N2O4S. The minimum Gasteiger partial charge on any atom is -0.483 e. The average molecular weight is 398 g/mol. The van der Waals surface area contributed by atoms with Crippen LogP contribution in [-0.2, 0) is 21.0 Å². The summed E-state index contributed by atoms with van der Waals surface area (Å²) in [6.45, 7) is 1.48. The Bertz CT molecular complexity index is 831. The molecule has 0 saturated carbocycles. The number of halogens is 2. The number of thioether (sulfide) groups is 1. The summed E-state index contributed by atoms with van der Waals surface area (Å²) in [6, 6.07) is 5.42. The summed E-state index contributed by atoms with van der Waals surface area (Å²) in [7, 11) is 1.20. The number of aryl methyl sites for hydroxylation is 1. The molecule has 0 saturated heterocycles.